The average Bonchev–Trinajstić information content (AvgIpc) is 2.54. The van der Waals surface area contributed by atoms with Crippen LogP contribution < -0.4 is 0 Å². The summed E-state index contributed by atoms with van der Waals surface area (Å²) in [4.78, 5) is 11.5. The van der Waals surface area contributed by atoms with Crippen molar-refractivity contribution >= 4 is 5.97 Å². The van der Waals surface area contributed by atoms with Gasteiger partial charge in [-0.25, -0.2) is 0 Å². The van der Waals surface area contributed by atoms with Gasteiger partial charge in [0.2, 0.25) is 0 Å². The number of esters is 1. The monoisotopic (exact) mass is 354 g/mol. The fourth-order valence-corrected chi connectivity index (χ4v) is 3.16. The average molecular weight is 355 g/mol. The molecule has 0 aliphatic carbocycles. The fourth-order valence-electron chi connectivity index (χ4n) is 3.16. The Morgan fingerprint density at radius 1 is 0.600 bits per heavy atom. The first-order valence-corrected chi connectivity index (χ1v) is 11.2. The molecule has 2 nitrogen and oxygen atoms in total. The molecule has 0 unspecified atom stereocenters. The lowest BCUT2D eigenvalue weighted by atomic mass is 10.0. The van der Waals surface area contributed by atoms with Crippen LogP contribution in [0.15, 0.2) is 0 Å². The highest BCUT2D eigenvalue weighted by Crippen LogP contribution is 2.14. The lowest BCUT2D eigenvalue weighted by molar-refractivity contribution is -0.143. The molecular formula is C23H46O2. The van der Waals surface area contributed by atoms with Crippen LogP contribution in [-0.4, -0.2) is 12.6 Å². The molecule has 2 heteroatoms. The predicted molar refractivity (Wildman–Crippen MR) is 110 cm³/mol. The molecule has 0 aromatic carbocycles. The molecule has 0 amide bonds. The summed E-state index contributed by atoms with van der Waals surface area (Å²) in [6.07, 6.45) is 18.8. The van der Waals surface area contributed by atoms with Crippen LogP contribution in [-0.2, 0) is 9.53 Å². The van der Waals surface area contributed by atoms with Crippen molar-refractivity contribution in [2.75, 3.05) is 6.61 Å². The van der Waals surface area contributed by atoms with Crippen LogP contribution in [0.4, 0.5) is 0 Å². The molecule has 25 heavy (non-hydrogen) atoms. The van der Waals surface area contributed by atoms with Crippen molar-refractivity contribution in [3.63, 3.8) is 0 Å². The van der Waals surface area contributed by atoms with Crippen LogP contribution >= 0.6 is 0 Å². The predicted octanol–water partition coefficient (Wildman–Crippen LogP) is 7.69. The summed E-state index contributed by atoms with van der Waals surface area (Å²) in [6, 6.07) is 0. The van der Waals surface area contributed by atoms with Gasteiger partial charge in [-0.1, -0.05) is 105 Å². The largest absolute Gasteiger partial charge is 0.466 e. The molecular weight excluding hydrogens is 308 g/mol. The summed E-state index contributed by atoms with van der Waals surface area (Å²) in [5.41, 5.74) is 0. The number of hydrogen-bond acceptors (Lipinski definition) is 2. The minimum atomic E-state index is -0.00551. The van der Waals surface area contributed by atoms with Crippen molar-refractivity contribution in [1.29, 1.82) is 0 Å². The maximum absolute atomic E-state index is 11.5. The third kappa shape index (κ3) is 21.4. The first kappa shape index (κ1) is 24.5. The normalized spacial score (nSPS) is 11.4. The van der Waals surface area contributed by atoms with E-state index < -0.39 is 0 Å². The second kappa shape index (κ2) is 18.3. The number of rotatable bonds is 18. The summed E-state index contributed by atoms with van der Waals surface area (Å²) in [6.45, 7) is 9.64. The summed E-state index contributed by atoms with van der Waals surface area (Å²) < 4.78 is 5.29. The Morgan fingerprint density at radius 2 is 1.00 bits per heavy atom. The Hall–Kier alpha value is -0.530. The van der Waals surface area contributed by atoms with Crippen LogP contribution in [0.1, 0.15) is 124 Å². The first-order chi connectivity index (χ1) is 12.0. The third-order valence-corrected chi connectivity index (χ3v) is 4.85. The molecule has 0 saturated heterocycles. The van der Waals surface area contributed by atoms with Crippen molar-refractivity contribution in [3.05, 3.63) is 0 Å². The molecule has 0 aliphatic rings. The molecule has 0 heterocycles. The lowest BCUT2D eigenvalue weighted by Gasteiger charge is -2.06. The molecule has 150 valence electrons. The zero-order chi connectivity index (χ0) is 18.8. The van der Waals surface area contributed by atoms with Crippen LogP contribution in [0.3, 0.4) is 0 Å². The van der Waals surface area contributed by atoms with Crippen molar-refractivity contribution in [3.8, 4) is 0 Å². The molecule has 0 aromatic heterocycles. The number of carbonyl (C=O) groups is 1. The highest BCUT2D eigenvalue weighted by Gasteiger charge is 2.03. The van der Waals surface area contributed by atoms with Gasteiger partial charge in [-0.05, 0) is 24.7 Å². The highest BCUT2D eigenvalue weighted by molar-refractivity contribution is 5.69. The number of hydrogen-bond donors (Lipinski definition) is 0. The van der Waals surface area contributed by atoms with E-state index in [9.17, 15) is 4.79 Å². The molecule has 0 N–H and O–H groups in total. The number of ether oxygens (including phenoxy) is 1. The van der Waals surface area contributed by atoms with E-state index in [-0.39, 0.29) is 5.97 Å². The Labute approximate surface area is 158 Å². The van der Waals surface area contributed by atoms with E-state index in [2.05, 4.69) is 27.7 Å². The molecule has 0 radical (unpaired) electrons. The van der Waals surface area contributed by atoms with Crippen LogP contribution in [0.5, 0.6) is 0 Å². The van der Waals surface area contributed by atoms with E-state index in [0.717, 1.165) is 25.2 Å². The van der Waals surface area contributed by atoms with E-state index in [4.69, 9.17) is 4.74 Å². The second-order valence-electron chi connectivity index (χ2n) is 8.58. The van der Waals surface area contributed by atoms with E-state index in [1.54, 1.807) is 0 Å². The van der Waals surface area contributed by atoms with Gasteiger partial charge in [-0.2, -0.15) is 0 Å². The van der Waals surface area contributed by atoms with E-state index in [1.807, 2.05) is 0 Å². The van der Waals surface area contributed by atoms with E-state index in [0.29, 0.717) is 18.9 Å². The van der Waals surface area contributed by atoms with Gasteiger partial charge in [-0.3, -0.25) is 4.79 Å². The zero-order valence-electron chi connectivity index (χ0n) is 17.8. The van der Waals surface area contributed by atoms with E-state index in [1.165, 1.54) is 70.6 Å². The van der Waals surface area contributed by atoms with Gasteiger partial charge in [-0.15, -0.1) is 0 Å². The molecule has 0 spiro atoms. The van der Waals surface area contributed by atoms with Crippen LogP contribution in [0.2, 0.25) is 0 Å². The summed E-state index contributed by atoms with van der Waals surface area (Å²) in [5, 5.41) is 0. The van der Waals surface area contributed by atoms with Gasteiger partial charge in [0.25, 0.3) is 0 Å². The number of carbonyl (C=O) groups excluding carboxylic acids is 1. The summed E-state index contributed by atoms with van der Waals surface area (Å²) in [7, 11) is 0. The van der Waals surface area contributed by atoms with Crippen molar-refractivity contribution < 1.29 is 9.53 Å². The van der Waals surface area contributed by atoms with Crippen molar-refractivity contribution in [2.24, 2.45) is 11.8 Å². The summed E-state index contributed by atoms with van der Waals surface area (Å²) >= 11 is 0. The fraction of sp³-hybridized carbons (Fsp3) is 0.957. The van der Waals surface area contributed by atoms with Crippen LogP contribution in [0, 0.1) is 11.8 Å². The van der Waals surface area contributed by atoms with Crippen molar-refractivity contribution in [1.82, 2.24) is 0 Å². The first-order valence-electron chi connectivity index (χ1n) is 11.2. The molecule has 0 bridgehead atoms. The van der Waals surface area contributed by atoms with Crippen LogP contribution in [0.25, 0.3) is 0 Å². The molecule has 0 aromatic rings. The van der Waals surface area contributed by atoms with E-state index >= 15 is 0 Å². The molecule has 0 rings (SSSR count). The maximum atomic E-state index is 11.5. The lowest BCUT2D eigenvalue weighted by Crippen LogP contribution is -2.06. The Morgan fingerprint density at radius 3 is 1.48 bits per heavy atom. The molecule has 0 saturated carbocycles. The van der Waals surface area contributed by atoms with Crippen molar-refractivity contribution in [2.45, 2.75) is 124 Å². The Kier molecular flexibility index (Phi) is 17.9. The molecule has 0 fully saturated rings. The van der Waals surface area contributed by atoms with Gasteiger partial charge in [0, 0.05) is 6.42 Å². The van der Waals surface area contributed by atoms with Gasteiger partial charge >= 0.3 is 5.97 Å². The highest BCUT2D eigenvalue weighted by atomic mass is 16.5. The minimum absolute atomic E-state index is 0.00551. The standard InChI is InChI=1S/C23H46O2/c1-21(2)17-14-12-10-8-6-5-7-9-11-13-15-20-25-23(24)19-16-18-22(3)4/h21-22H,5-20H2,1-4H3. The van der Waals surface area contributed by atoms with Gasteiger partial charge in [0.1, 0.15) is 0 Å². The van der Waals surface area contributed by atoms with Gasteiger partial charge in [0.15, 0.2) is 0 Å². The zero-order valence-corrected chi connectivity index (χ0v) is 17.8. The smallest absolute Gasteiger partial charge is 0.305 e. The SMILES string of the molecule is CC(C)CCCCCCCCCCCCCOC(=O)CCCC(C)C. The quantitative estimate of drug-likeness (QED) is 0.186. The molecule has 0 aliphatic heterocycles. The summed E-state index contributed by atoms with van der Waals surface area (Å²) in [5.74, 6) is 1.54. The van der Waals surface area contributed by atoms with Gasteiger partial charge in [0.05, 0.1) is 6.61 Å². The molecule has 0 atom stereocenters. The number of unbranched alkanes of at least 4 members (excludes halogenated alkanes) is 10. The maximum Gasteiger partial charge on any atom is 0.305 e. The second-order valence-corrected chi connectivity index (χ2v) is 8.58. The van der Waals surface area contributed by atoms with Gasteiger partial charge < -0.3 is 4.74 Å². The minimum Gasteiger partial charge on any atom is -0.466 e. The topological polar surface area (TPSA) is 26.3 Å². The Balaban J connectivity index is 3.12. The third-order valence-electron chi connectivity index (χ3n) is 4.85. The Bertz CT molecular complexity index is 284.